The Labute approximate surface area is 179 Å². The lowest BCUT2D eigenvalue weighted by molar-refractivity contribution is -0.129. The van der Waals surface area contributed by atoms with Crippen LogP contribution in [-0.2, 0) is 9.53 Å². The molecular weight excluding hydrogens is 402 g/mol. The molecule has 0 bridgehead atoms. The van der Waals surface area contributed by atoms with Gasteiger partial charge in [0.25, 0.3) is 0 Å². The lowest BCUT2D eigenvalue weighted by Gasteiger charge is -2.09. The van der Waals surface area contributed by atoms with Gasteiger partial charge in [-0.15, -0.1) is 0 Å². The lowest BCUT2D eigenvalue weighted by Crippen LogP contribution is -2.09. The van der Waals surface area contributed by atoms with Crippen LogP contribution >= 0.6 is 11.6 Å². The Balaban J connectivity index is 1.34. The van der Waals surface area contributed by atoms with Crippen molar-refractivity contribution >= 4 is 29.5 Å². The minimum atomic E-state index is -0.467. The van der Waals surface area contributed by atoms with Crippen LogP contribution < -0.4 is 9.47 Å². The summed E-state index contributed by atoms with van der Waals surface area (Å²) in [7, 11) is 0. The van der Waals surface area contributed by atoms with Crippen LogP contribution in [0.1, 0.15) is 11.1 Å². The third kappa shape index (κ3) is 4.88. The zero-order valence-corrected chi connectivity index (χ0v) is 16.7. The molecule has 0 radical (unpaired) electrons. The standard InChI is InChI=1S/C24H18ClNO4/c25-20-8-4-5-9-22(20)29-15-14-28-19-12-10-17(11-13-19)16-21-24(27)30-23(26-21)18-6-2-1-3-7-18/h1-13,16H,14-15H2/b21-16+. The average molecular weight is 420 g/mol. The summed E-state index contributed by atoms with van der Waals surface area (Å²) in [6, 6.07) is 24.0. The van der Waals surface area contributed by atoms with Crippen LogP contribution in [-0.4, -0.2) is 25.1 Å². The maximum atomic E-state index is 12.1. The molecule has 0 aliphatic carbocycles. The number of para-hydroxylation sites is 1. The minimum Gasteiger partial charge on any atom is -0.490 e. The van der Waals surface area contributed by atoms with Gasteiger partial charge in [-0.05, 0) is 48.0 Å². The van der Waals surface area contributed by atoms with Crippen molar-refractivity contribution in [2.24, 2.45) is 4.99 Å². The minimum absolute atomic E-state index is 0.260. The maximum Gasteiger partial charge on any atom is 0.363 e. The maximum absolute atomic E-state index is 12.1. The number of cyclic esters (lactones) is 1. The Morgan fingerprint density at radius 2 is 1.57 bits per heavy atom. The fourth-order valence-electron chi connectivity index (χ4n) is 2.80. The summed E-state index contributed by atoms with van der Waals surface area (Å²) >= 11 is 6.05. The van der Waals surface area contributed by atoms with Gasteiger partial charge in [-0.3, -0.25) is 0 Å². The lowest BCUT2D eigenvalue weighted by atomic mass is 10.2. The third-order valence-corrected chi connectivity index (χ3v) is 4.58. The van der Waals surface area contributed by atoms with Crippen LogP contribution in [0.15, 0.2) is 89.6 Å². The molecular formula is C24H18ClNO4. The zero-order valence-electron chi connectivity index (χ0n) is 16.0. The number of halogens is 1. The van der Waals surface area contributed by atoms with Gasteiger partial charge in [0, 0.05) is 5.56 Å². The summed E-state index contributed by atoms with van der Waals surface area (Å²) in [4.78, 5) is 16.4. The van der Waals surface area contributed by atoms with Gasteiger partial charge in [-0.2, -0.15) is 0 Å². The van der Waals surface area contributed by atoms with E-state index in [0.29, 0.717) is 35.6 Å². The molecule has 0 aromatic heterocycles. The number of ether oxygens (including phenoxy) is 3. The number of esters is 1. The Hall–Kier alpha value is -3.57. The van der Waals surface area contributed by atoms with Crippen molar-refractivity contribution in [1.29, 1.82) is 0 Å². The van der Waals surface area contributed by atoms with Crippen molar-refractivity contribution < 1.29 is 19.0 Å². The molecule has 1 heterocycles. The highest BCUT2D eigenvalue weighted by atomic mass is 35.5. The normalized spacial score (nSPS) is 14.4. The molecule has 5 nitrogen and oxygen atoms in total. The summed E-state index contributed by atoms with van der Waals surface area (Å²) in [6.45, 7) is 0.751. The van der Waals surface area contributed by atoms with E-state index in [4.69, 9.17) is 25.8 Å². The van der Waals surface area contributed by atoms with Crippen molar-refractivity contribution in [3.8, 4) is 11.5 Å². The Morgan fingerprint density at radius 1 is 0.867 bits per heavy atom. The summed E-state index contributed by atoms with van der Waals surface area (Å²) in [5, 5.41) is 0.568. The second-order valence-corrected chi connectivity index (χ2v) is 6.81. The molecule has 1 aliphatic rings. The van der Waals surface area contributed by atoms with E-state index in [1.807, 2.05) is 72.8 Å². The number of aliphatic imine (C=N–C) groups is 1. The summed E-state index contributed by atoms with van der Waals surface area (Å²) in [5.74, 6) is 1.17. The number of nitrogens with zero attached hydrogens (tertiary/aromatic N) is 1. The van der Waals surface area contributed by atoms with Crippen molar-refractivity contribution in [2.45, 2.75) is 0 Å². The Kier molecular flexibility index (Phi) is 6.11. The Morgan fingerprint density at radius 3 is 2.33 bits per heavy atom. The summed E-state index contributed by atoms with van der Waals surface area (Å²) in [5.41, 5.74) is 1.84. The molecule has 0 unspecified atom stereocenters. The van der Waals surface area contributed by atoms with E-state index >= 15 is 0 Å². The fourth-order valence-corrected chi connectivity index (χ4v) is 2.99. The number of carbonyl (C=O) groups excluding carboxylic acids is 1. The van der Waals surface area contributed by atoms with Crippen LogP contribution in [0, 0.1) is 0 Å². The molecule has 0 saturated carbocycles. The molecule has 0 N–H and O–H groups in total. The first kappa shape index (κ1) is 19.7. The first-order valence-corrected chi connectivity index (χ1v) is 9.75. The van der Waals surface area contributed by atoms with Crippen LogP contribution in [0.2, 0.25) is 5.02 Å². The highest BCUT2D eigenvalue weighted by molar-refractivity contribution is 6.32. The van der Waals surface area contributed by atoms with E-state index in [-0.39, 0.29) is 5.70 Å². The van der Waals surface area contributed by atoms with E-state index in [1.54, 1.807) is 12.1 Å². The highest BCUT2D eigenvalue weighted by Gasteiger charge is 2.23. The molecule has 30 heavy (non-hydrogen) atoms. The largest absolute Gasteiger partial charge is 0.490 e. The third-order valence-electron chi connectivity index (χ3n) is 4.27. The topological polar surface area (TPSA) is 57.1 Å². The first-order valence-electron chi connectivity index (χ1n) is 9.37. The van der Waals surface area contributed by atoms with E-state index in [1.165, 1.54) is 0 Å². The second-order valence-electron chi connectivity index (χ2n) is 6.40. The van der Waals surface area contributed by atoms with Gasteiger partial charge in [0.1, 0.15) is 24.7 Å². The van der Waals surface area contributed by atoms with E-state index < -0.39 is 5.97 Å². The van der Waals surface area contributed by atoms with Gasteiger partial charge in [0.05, 0.1) is 5.02 Å². The number of carbonyl (C=O) groups is 1. The molecule has 6 heteroatoms. The number of hydrogen-bond donors (Lipinski definition) is 0. The van der Waals surface area contributed by atoms with Gasteiger partial charge in [-0.1, -0.05) is 54.1 Å². The van der Waals surface area contributed by atoms with Gasteiger partial charge >= 0.3 is 5.97 Å². The van der Waals surface area contributed by atoms with Gasteiger partial charge in [0.2, 0.25) is 5.90 Å². The van der Waals surface area contributed by atoms with Crippen LogP contribution in [0.25, 0.3) is 6.08 Å². The molecule has 0 amide bonds. The van der Waals surface area contributed by atoms with E-state index in [2.05, 4.69) is 4.99 Å². The van der Waals surface area contributed by atoms with Crippen molar-refractivity contribution in [3.05, 3.63) is 101 Å². The molecule has 3 aromatic rings. The number of hydrogen-bond acceptors (Lipinski definition) is 5. The molecule has 0 fully saturated rings. The average Bonchev–Trinajstić information content (AvgIpc) is 3.14. The van der Waals surface area contributed by atoms with Gasteiger partial charge in [-0.25, -0.2) is 9.79 Å². The van der Waals surface area contributed by atoms with Crippen molar-refractivity contribution in [1.82, 2.24) is 0 Å². The van der Waals surface area contributed by atoms with Gasteiger partial charge < -0.3 is 14.2 Å². The highest BCUT2D eigenvalue weighted by Crippen LogP contribution is 2.23. The molecule has 0 spiro atoms. The first-order chi connectivity index (χ1) is 14.7. The molecule has 0 atom stereocenters. The number of rotatable bonds is 7. The zero-order chi connectivity index (χ0) is 20.8. The Bertz CT molecular complexity index is 1090. The SMILES string of the molecule is O=C1OC(c2ccccc2)=N/C1=C/c1ccc(OCCOc2ccccc2Cl)cc1. The molecule has 1 aliphatic heterocycles. The summed E-state index contributed by atoms with van der Waals surface area (Å²) < 4.78 is 16.5. The van der Waals surface area contributed by atoms with E-state index in [9.17, 15) is 4.79 Å². The molecule has 0 saturated heterocycles. The van der Waals surface area contributed by atoms with Crippen molar-refractivity contribution in [3.63, 3.8) is 0 Å². The number of benzene rings is 3. The fraction of sp³-hybridized carbons (Fsp3) is 0.0833. The van der Waals surface area contributed by atoms with E-state index in [0.717, 1.165) is 11.1 Å². The predicted octanol–water partition coefficient (Wildman–Crippen LogP) is 5.14. The molecule has 4 rings (SSSR count). The molecule has 150 valence electrons. The smallest absolute Gasteiger partial charge is 0.363 e. The van der Waals surface area contributed by atoms with Crippen LogP contribution in [0.4, 0.5) is 0 Å². The second kappa shape index (κ2) is 9.29. The van der Waals surface area contributed by atoms with Crippen LogP contribution in [0.5, 0.6) is 11.5 Å². The predicted molar refractivity (Wildman–Crippen MR) is 116 cm³/mol. The quantitative estimate of drug-likeness (QED) is 0.302. The van der Waals surface area contributed by atoms with Gasteiger partial charge in [0.15, 0.2) is 5.70 Å². The summed E-state index contributed by atoms with van der Waals surface area (Å²) in [6.07, 6.45) is 1.68. The molecule has 3 aromatic carbocycles. The van der Waals surface area contributed by atoms with Crippen LogP contribution in [0.3, 0.4) is 0 Å². The van der Waals surface area contributed by atoms with Crippen molar-refractivity contribution in [2.75, 3.05) is 13.2 Å². The monoisotopic (exact) mass is 419 g/mol.